The van der Waals surface area contributed by atoms with Crippen LogP contribution in [0.2, 0.25) is 0 Å². The van der Waals surface area contributed by atoms with Crippen molar-refractivity contribution in [2.24, 2.45) is 0 Å². The second kappa shape index (κ2) is 8.73. The minimum Gasteiger partial charge on any atom is -0.350 e. The van der Waals surface area contributed by atoms with E-state index in [-0.39, 0.29) is 29.5 Å². The monoisotopic (exact) mass is 434 g/mol. The smallest absolute Gasteiger partial charge is 0.240 e. The Morgan fingerprint density at radius 2 is 1.52 bits per heavy atom. The number of carbonyl (C=O) groups excluding carboxylic acids is 2. The van der Waals surface area contributed by atoms with E-state index in [1.807, 2.05) is 30.3 Å². The number of sulfone groups is 1. The van der Waals surface area contributed by atoms with E-state index in [1.165, 1.54) is 11.0 Å². The van der Waals surface area contributed by atoms with Gasteiger partial charge in [0.25, 0.3) is 0 Å². The molecule has 0 radical (unpaired) electrons. The third kappa shape index (κ3) is 4.36. The van der Waals surface area contributed by atoms with Crippen LogP contribution in [-0.4, -0.2) is 26.8 Å². The van der Waals surface area contributed by atoms with E-state index in [0.717, 1.165) is 5.56 Å². The molecule has 0 aromatic heterocycles. The Morgan fingerprint density at radius 1 is 0.903 bits per heavy atom. The van der Waals surface area contributed by atoms with E-state index >= 15 is 0 Å². The highest BCUT2D eigenvalue weighted by Crippen LogP contribution is 2.40. The second-order valence-corrected chi connectivity index (χ2v) is 9.46. The van der Waals surface area contributed by atoms with Gasteiger partial charge in [0.1, 0.15) is 6.54 Å². The van der Waals surface area contributed by atoms with Gasteiger partial charge in [0.15, 0.2) is 9.84 Å². The Balaban J connectivity index is 1.63. The minimum absolute atomic E-state index is 0.0607. The van der Waals surface area contributed by atoms with Crippen LogP contribution in [0.25, 0.3) is 0 Å². The molecule has 0 spiro atoms. The summed E-state index contributed by atoms with van der Waals surface area (Å²) in [5.74, 6) is -0.764. The van der Waals surface area contributed by atoms with Crippen molar-refractivity contribution < 1.29 is 18.0 Å². The SMILES string of the molecule is O=C(CN1C(=O)C[C@@H](c2ccccc2)S(=O)(=O)c2ccccc21)NCc1ccccc1. The third-order valence-electron chi connectivity index (χ3n) is 5.30. The zero-order valence-electron chi connectivity index (χ0n) is 16.8. The molecule has 0 saturated carbocycles. The molecule has 1 heterocycles. The molecule has 3 aromatic rings. The highest BCUT2D eigenvalue weighted by atomic mass is 32.2. The van der Waals surface area contributed by atoms with Gasteiger partial charge in [0.05, 0.1) is 15.8 Å². The number of anilines is 1. The van der Waals surface area contributed by atoms with Gasteiger partial charge in [-0.25, -0.2) is 8.42 Å². The summed E-state index contributed by atoms with van der Waals surface area (Å²) < 4.78 is 26.9. The van der Waals surface area contributed by atoms with Gasteiger partial charge in [0.2, 0.25) is 11.8 Å². The number of amides is 2. The van der Waals surface area contributed by atoms with Crippen molar-refractivity contribution in [2.75, 3.05) is 11.4 Å². The molecule has 0 unspecified atom stereocenters. The van der Waals surface area contributed by atoms with Crippen LogP contribution in [0.4, 0.5) is 5.69 Å². The van der Waals surface area contributed by atoms with E-state index in [2.05, 4.69) is 5.32 Å². The molecule has 0 fully saturated rings. The van der Waals surface area contributed by atoms with Gasteiger partial charge >= 0.3 is 0 Å². The molecule has 1 atom stereocenters. The van der Waals surface area contributed by atoms with E-state index in [0.29, 0.717) is 12.1 Å². The first kappa shape index (κ1) is 20.8. The number of rotatable bonds is 5. The molecule has 7 heteroatoms. The normalized spacial score (nSPS) is 17.5. The second-order valence-electron chi connectivity index (χ2n) is 7.36. The fraction of sp³-hybridized carbons (Fsp3) is 0.167. The first-order valence-corrected chi connectivity index (χ1v) is 11.5. The van der Waals surface area contributed by atoms with Crippen molar-refractivity contribution in [1.29, 1.82) is 0 Å². The van der Waals surface area contributed by atoms with Gasteiger partial charge in [-0.1, -0.05) is 72.8 Å². The Hall–Kier alpha value is -3.45. The average molecular weight is 435 g/mol. The van der Waals surface area contributed by atoms with Gasteiger partial charge < -0.3 is 10.2 Å². The first-order chi connectivity index (χ1) is 15.0. The van der Waals surface area contributed by atoms with Crippen molar-refractivity contribution in [3.05, 3.63) is 96.1 Å². The molecule has 0 saturated heterocycles. The Morgan fingerprint density at radius 3 is 2.23 bits per heavy atom. The Labute approximate surface area is 181 Å². The van der Waals surface area contributed by atoms with Gasteiger partial charge in [-0.15, -0.1) is 0 Å². The molecule has 1 N–H and O–H groups in total. The Bertz CT molecular complexity index is 1190. The fourth-order valence-corrected chi connectivity index (χ4v) is 5.64. The molecule has 0 bridgehead atoms. The highest BCUT2D eigenvalue weighted by Gasteiger charge is 2.39. The third-order valence-corrected chi connectivity index (χ3v) is 7.45. The zero-order chi connectivity index (χ0) is 21.8. The number of para-hydroxylation sites is 1. The summed E-state index contributed by atoms with van der Waals surface area (Å²) in [5.41, 5.74) is 1.73. The lowest BCUT2D eigenvalue weighted by Crippen LogP contribution is -2.40. The van der Waals surface area contributed by atoms with E-state index in [1.54, 1.807) is 48.5 Å². The number of hydrogen-bond acceptors (Lipinski definition) is 4. The molecule has 158 valence electrons. The molecule has 0 aliphatic carbocycles. The molecular weight excluding hydrogens is 412 g/mol. The summed E-state index contributed by atoms with van der Waals surface area (Å²) in [6, 6.07) is 24.5. The molecule has 2 amide bonds. The van der Waals surface area contributed by atoms with Crippen molar-refractivity contribution in [1.82, 2.24) is 5.32 Å². The Kier molecular flexibility index (Phi) is 5.86. The van der Waals surface area contributed by atoms with E-state index in [9.17, 15) is 18.0 Å². The number of hydrogen-bond donors (Lipinski definition) is 1. The van der Waals surface area contributed by atoms with Crippen LogP contribution in [0, 0.1) is 0 Å². The lowest BCUT2D eigenvalue weighted by molar-refractivity contribution is -0.124. The van der Waals surface area contributed by atoms with Crippen molar-refractivity contribution in [3.8, 4) is 0 Å². The predicted molar refractivity (Wildman–Crippen MR) is 118 cm³/mol. The number of carbonyl (C=O) groups is 2. The molecule has 1 aliphatic heterocycles. The van der Waals surface area contributed by atoms with E-state index < -0.39 is 21.0 Å². The zero-order valence-corrected chi connectivity index (χ0v) is 17.6. The summed E-state index contributed by atoms with van der Waals surface area (Å²) in [5, 5.41) is 1.80. The summed E-state index contributed by atoms with van der Waals surface area (Å²) in [6.07, 6.45) is -0.229. The van der Waals surface area contributed by atoms with Crippen molar-refractivity contribution >= 4 is 27.3 Å². The highest BCUT2D eigenvalue weighted by molar-refractivity contribution is 7.92. The number of nitrogens with zero attached hydrogens (tertiary/aromatic N) is 1. The molecule has 31 heavy (non-hydrogen) atoms. The largest absolute Gasteiger partial charge is 0.350 e. The number of fused-ring (bicyclic) bond motifs is 1. The molecular formula is C24H22N2O4S. The molecule has 3 aromatic carbocycles. The number of benzene rings is 3. The summed E-state index contributed by atoms with van der Waals surface area (Å²) in [6.45, 7) is 0.0774. The quantitative estimate of drug-likeness (QED) is 0.668. The topological polar surface area (TPSA) is 83.6 Å². The minimum atomic E-state index is -3.82. The molecule has 4 rings (SSSR count). The van der Waals surface area contributed by atoms with Gasteiger partial charge in [-0.3, -0.25) is 9.59 Å². The van der Waals surface area contributed by atoms with Gasteiger partial charge in [-0.05, 0) is 23.3 Å². The summed E-state index contributed by atoms with van der Waals surface area (Å²) in [4.78, 5) is 27.1. The van der Waals surface area contributed by atoms with Crippen LogP contribution < -0.4 is 10.2 Å². The van der Waals surface area contributed by atoms with Crippen LogP contribution in [-0.2, 0) is 26.0 Å². The summed E-state index contributed by atoms with van der Waals surface area (Å²) in [7, 11) is -3.82. The fourth-order valence-electron chi connectivity index (χ4n) is 3.72. The van der Waals surface area contributed by atoms with E-state index in [4.69, 9.17) is 0 Å². The average Bonchev–Trinajstić information content (AvgIpc) is 2.88. The maximum Gasteiger partial charge on any atom is 0.240 e. The van der Waals surface area contributed by atoms with Crippen LogP contribution in [0.15, 0.2) is 89.8 Å². The van der Waals surface area contributed by atoms with Crippen LogP contribution >= 0.6 is 0 Å². The lowest BCUT2D eigenvalue weighted by Gasteiger charge is -2.21. The van der Waals surface area contributed by atoms with Crippen LogP contribution in [0.3, 0.4) is 0 Å². The van der Waals surface area contributed by atoms with Gasteiger partial charge in [0, 0.05) is 13.0 Å². The molecule has 1 aliphatic rings. The van der Waals surface area contributed by atoms with Gasteiger partial charge in [-0.2, -0.15) is 0 Å². The lowest BCUT2D eigenvalue weighted by atomic mass is 10.1. The van der Waals surface area contributed by atoms with Crippen LogP contribution in [0.1, 0.15) is 22.8 Å². The van der Waals surface area contributed by atoms with Crippen LogP contribution in [0.5, 0.6) is 0 Å². The maximum absolute atomic E-state index is 13.4. The maximum atomic E-state index is 13.4. The standard InChI is InChI=1S/C24H22N2O4S/c27-23(25-16-18-9-3-1-4-10-18)17-26-20-13-7-8-14-21(20)31(29,30)22(15-24(26)28)19-11-5-2-6-12-19/h1-14,22H,15-17H2,(H,25,27)/t22-/m0/s1. The first-order valence-electron chi connectivity index (χ1n) is 9.95. The summed E-state index contributed by atoms with van der Waals surface area (Å²) >= 11 is 0. The predicted octanol–water partition coefficient (Wildman–Crippen LogP) is 3.25. The number of nitrogens with one attached hydrogen (secondary N) is 1. The van der Waals surface area contributed by atoms with Crippen molar-refractivity contribution in [3.63, 3.8) is 0 Å². The molecule has 6 nitrogen and oxygen atoms in total. The van der Waals surface area contributed by atoms with Crippen molar-refractivity contribution in [2.45, 2.75) is 23.1 Å².